The Morgan fingerprint density at radius 3 is 2.89 bits per heavy atom. The van der Waals surface area contributed by atoms with Crippen LogP contribution in [0.15, 0.2) is 12.1 Å². The molecule has 0 aliphatic carbocycles. The molecular formula is C13H19FN2O2. The van der Waals surface area contributed by atoms with Gasteiger partial charge in [0, 0.05) is 38.2 Å². The standard InChI is InChI=1S/C13H19FN2O2/c1-17-8-9-3-4-16(7-9)12-6-13(18-2)11(15)5-10(12)14/h5-6,9H,3-4,7-8,15H2,1-2H3. The molecule has 4 nitrogen and oxygen atoms in total. The van der Waals surface area contributed by atoms with Crippen LogP contribution in [0, 0.1) is 11.7 Å². The van der Waals surface area contributed by atoms with Crippen LogP contribution in [0.3, 0.4) is 0 Å². The molecule has 5 heteroatoms. The van der Waals surface area contributed by atoms with Gasteiger partial charge in [-0.15, -0.1) is 0 Å². The van der Waals surface area contributed by atoms with E-state index in [1.165, 1.54) is 13.2 Å². The van der Waals surface area contributed by atoms with Gasteiger partial charge in [-0.1, -0.05) is 0 Å². The van der Waals surface area contributed by atoms with E-state index in [0.29, 0.717) is 29.6 Å². The van der Waals surface area contributed by atoms with Crippen molar-refractivity contribution in [2.45, 2.75) is 6.42 Å². The second kappa shape index (κ2) is 5.44. The third-order valence-electron chi connectivity index (χ3n) is 3.33. The van der Waals surface area contributed by atoms with Crippen LogP contribution in [0.1, 0.15) is 6.42 Å². The van der Waals surface area contributed by atoms with Gasteiger partial charge in [0.15, 0.2) is 0 Å². The summed E-state index contributed by atoms with van der Waals surface area (Å²) < 4.78 is 24.2. The SMILES string of the molecule is COCC1CCN(c2cc(OC)c(N)cc2F)C1. The van der Waals surface area contributed by atoms with Crippen LogP contribution >= 0.6 is 0 Å². The average molecular weight is 254 g/mol. The maximum Gasteiger partial charge on any atom is 0.148 e. The molecule has 18 heavy (non-hydrogen) atoms. The minimum absolute atomic E-state index is 0.300. The number of halogens is 1. The molecular weight excluding hydrogens is 235 g/mol. The van der Waals surface area contributed by atoms with E-state index < -0.39 is 0 Å². The molecule has 1 heterocycles. The zero-order chi connectivity index (χ0) is 13.1. The Bertz CT molecular complexity index is 426. The van der Waals surface area contributed by atoms with Crippen molar-refractivity contribution in [2.24, 2.45) is 5.92 Å². The highest BCUT2D eigenvalue weighted by Gasteiger charge is 2.25. The van der Waals surface area contributed by atoms with Crippen LogP contribution in [0.5, 0.6) is 5.75 Å². The number of nitrogen functional groups attached to an aromatic ring is 1. The number of hydrogen-bond acceptors (Lipinski definition) is 4. The van der Waals surface area contributed by atoms with Crippen LogP contribution in [-0.4, -0.2) is 33.9 Å². The van der Waals surface area contributed by atoms with Gasteiger partial charge in [0.1, 0.15) is 11.6 Å². The van der Waals surface area contributed by atoms with Gasteiger partial charge in [0.05, 0.1) is 25.1 Å². The molecule has 1 aliphatic heterocycles. The van der Waals surface area contributed by atoms with Crippen LogP contribution in [0.4, 0.5) is 15.8 Å². The summed E-state index contributed by atoms with van der Waals surface area (Å²) in [5, 5.41) is 0. The van der Waals surface area contributed by atoms with Crippen molar-refractivity contribution in [2.75, 3.05) is 44.5 Å². The van der Waals surface area contributed by atoms with E-state index in [2.05, 4.69) is 0 Å². The quantitative estimate of drug-likeness (QED) is 0.834. The van der Waals surface area contributed by atoms with Gasteiger partial charge in [0.25, 0.3) is 0 Å². The number of methoxy groups -OCH3 is 2. The van der Waals surface area contributed by atoms with Gasteiger partial charge < -0.3 is 20.1 Å². The molecule has 100 valence electrons. The molecule has 0 bridgehead atoms. The number of nitrogens with two attached hydrogens (primary N) is 1. The van der Waals surface area contributed by atoms with Crippen molar-refractivity contribution < 1.29 is 13.9 Å². The Hall–Kier alpha value is -1.49. The summed E-state index contributed by atoms with van der Waals surface area (Å²) in [6.45, 7) is 2.35. The van der Waals surface area contributed by atoms with Crippen molar-refractivity contribution in [3.8, 4) is 5.75 Å². The Balaban J connectivity index is 2.18. The minimum atomic E-state index is -0.300. The predicted molar refractivity (Wildman–Crippen MR) is 69.6 cm³/mol. The highest BCUT2D eigenvalue weighted by Crippen LogP contribution is 2.33. The molecule has 0 saturated carbocycles. The monoisotopic (exact) mass is 254 g/mol. The summed E-state index contributed by atoms with van der Waals surface area (Å²) in [7, 11) is 3.22. The summed E-state index contributed by atoms with van der Waals surface area (Å²) in [6, 6.07) is 2.98. The van der Waals surface area contributed by atoms with E-state index >= 15 is 0 Å². The molecule has 1 aromatic carbocycles. The summed E-state index contributed by atoms with van der Waals surface area (Å²) >= 11 is 0. The molecule has 0 spiro atoms. The van der Waals surface area contributed by atoms with Crippen molar-refractivity contribution in [1.29, 1.82) is 0 Å². The predicted octanol–water partition coefficient (Wildman–Crippen LogP) is 1.89. The van der Waals surface area contributed by atoms with E-state index in [4.69, 9.17) is 15.2 Å². The maximum atomic E-state index is 13.9. The number of hydrogen-bond donors (Lipinski definition) is 1. The zero-order valence-electron chi connectivity index (χ0n) is 10.8. The molecule has 2 N–H and O–H groups in total. The lowest BCUT2D eigenvalue weighted by Gasteiger charge is -2.20. The zero-order valence-corrected chi connectivity index (χ0v) is 10.8. The summed E-state index contributed by atoms with van der Waals surface area (Å²) in [5.74, 6) is 0.672. The van der Waals surface area contributed by atoms with Crippen molar-refractivity contribution >= 4 is 11.4 Å². The van der Waals surface area contributed by atoms with Crippen LogP contribution in [0.25, 0.3) is 0 Å². The Kier molecular flexibility index (Phi) is 3.91. The summed E-state index contributed by atoms with van der Waals surface area (Å²) in [4.78, 5) is 2.01. The van der Waals surface area contributed by atoms with Crippen LogP contribution in [0.2, 0.25) is 0 Å². The number of rotatable bonds is 4. The molecule has 0 amide bonds. The second-order valence-corrected chi connectivity index (χ2v) is 4.60. The molecule has 1 saturated heterocycles. The lowest BCUT2D eigenvalue weighted by Crippen LogP contribution is -2.22. The van der Waals surface area contributed by atoms with Crippen LogP contribution < -0.4 is 15.4 Å². The van der Waals surface area contributed by atoms with Gasteiger partial charge in [-0.2, -0.15) is 0 Å². The first-order chi connectivity index (χ1) is 8.65. The Morgan fingerprint density at radius 2 is 2.22 bits per heavy atom. The maximum absolute atomic E-state index is 13.9. The minimum Gasteiger partial charge on any atom is -0.495 e. The molecule has 0 radical (unpaired) electrons. The number of benzene rings is 1. The molecule has 1 aliphatic rings. The average Bonchev–Trinajstić information content (AvgIpc) is 2.78. The normalized spacial score (nSPS) is 19.3. The molecule has 1 unspecified atom stereocenters. The second-order valence-electron chi connectivity index (χ2n) is 4.60. The topological polar surface area (TPSA) is 47.7 Å². The van der Waals surface area contributed by atoms with Gasteiger partial charge in [-0.3, -0.25) is 0 Å². The first-order valence-electron chi connectivity index (χ1n) is 6.02. The van der Waals surface area contributed by atoms with E-state index in [-0.39, 0.29) is 5.82 Å². The fourth-order valence-electron chi connectivity index (χ4n) is 2.40. The lowest BCUT2D eigenvalue weighted by molar-refractivity contribution is 0.161. The van der Waals surface area contributed by atoms with Gasteiger partial charge in [-0.25, -0.2) is 4.39 Å². The first-order valence-corrected chi connectivity index (χ1v) is 6.02. The van der Waals surface area contributed by atoms with Crippen molar-refractivity contribution in [3.63, 3.8) is 0 Å². The fraction of sp³-hybridized carbons (Fsp3) is 0.538. The Labute approximate surface area is 106 Å². The van der Waals surface area contributed by atoms with Crippen LogP contribution in [-0.2, 0) is 4.74 Å². The molecule has 1 fully saturated rings. The molecule has 1 atom stereocenters. The molecule has 1 aromatic rings. The fourth-order valence-corrected chi connectivity index (χ4v) is 2.40. The highest BCUT2D eigenvalue weighted by molar-refractivity contribution is 5.63. The first kappa shape index (κ1) is 13.0. The van der Waals surface area contributed by atoms with Gasteiger partial charge >= 0.3 is 0 Å². The molecule has 2 rings (SSSR count). The highest BCUT2D eigenvalue weighted by atomic mass is 19.1. The van der Waals surface area contributed by atoms with E-state index in [9.17, 15) is 4.39 Å². The van der Waals surface area contributed by atoms with E-state index in [1.54, 1.807) is 13.2 Å². The third-order valence-corrected chi connectivity index (χ3v) is 3.33. The molecule has 0 aromatic heterocycles. The number of ether oxygens (including phenoxy) is 2. The van der Waals surface area contributed by atoms with E-state index in [1.807, 2.05) is 4.90 Å². The largest absolute Gasteiger partial charge is 0.495 e. The summed E-state index contributed by atoms with van der Waals surface area (Å²) in [6.07, 6.45) is 1.01. The number of nitrogens with zero attached hydrogens (tertiary/aromatic N) is 1. The van der Waals surface area contributed by atoms with Crippen molar-refractivity contribution in [1.82, 2.24) is 0 Å². The Morgan fingerprint density at radius 1 is 1.44 bits per heavy atom. The lowest BCUT2D eigenvalue weighted by atomic mass is 10.1. The van der Waals surface area contributed by atoms with E-state index in [0.717, 1.165) is 19.5 Å². The number of anilines is 2. The third kappa shape index (κ3) is 2.51. The smallest absolute Gasteiger partial charge is 0.148 e. The van der Waals surface area contributed by atoms with Gasteiger partial charge in [-0.05, 0) is 6.42 Å². The summed E-state index contributed by atoms with van der Waals surface area (Å²) in [5.41, 5.74) is 6.55. The van der Waals surface area contributed by atoms with Gasteiger partial charge in [0.2, 0.25) is 0 Å². The van der Waals surface area contributed by atoms with Crippen molar-refractivity contribution in [3.05, 3.63) is 17.9 Å².